The lowest BCUT2D eigenvalue weighted by Gasteiger charge is -2.45. The van der Waals surface area contributed by atoms with Gasteiger partial charge in [0.15, 0.2) is 23.2 Å². The molecule has 1 nitrogen and oxygen atoms in total. The molecule has 2 aromatic rings. The molecule has 3 saturated carbocycles. The number of aryl methyl sites for hydroxylation is 1. The molecule has 3 aliphatic carbocycles. The monoisotopic (exact) mass is 570 g/mol. The van der Waals surface area contributed by atoms with Gasteiger partial charge in [0.2, 0.25) is 5.82 Å². The van der Waals surface area contributed by atoms with E-state index in [4.69, 9.17) is 4.74 Å². The van der Waals surface area contributed by atoms with Gasteiger partial charge < -0.3 is 4.74 Å². The van der Waals surface area contributed by atoms with Crippen LogP contribution in [0.1, 0.15) is 96.0 Å². The molecule has 0 heterocycles. The second-order valence-electron chi connectivity index (χ2n) is 13.1. The summed E-state index contributed by atoms with van der Waals surface area (Å²) in [5.74, 6) is -0.135. The topological polar surface area (TPSA) is 9.23 Å². The Morgan fingerprint density at radius 2 is 1.29 bits per heavy atom. The zero-order valence-electron chi connectivity index (χ0n) is 24.6. The summed E-state index contributed by atoms with van der Waals surface area (Å²) in [6.07, 6.45) is 18.2. The summed E-state index contributed by atoms with van der Waals surface area (Å²) < 4.78 is 65.1. The number of rotatable bonds is 10. The molecule has 3 aliphatic rings. The lowest BCUT2D eigenvalue weighted by atomic mass is 9.61. The Hall–Kier alpha value is -2.30. The quantitative estimate of drug-likeness (QED) is 0.204. The maximum atomic E-state index is 15.0. The third kappa shape index (κ3) is 6.86. The first kappa shape index (κ1) is 30.2. The van der Waals surface area contributed by atoms with Crippen LogP contribution in [0.2, 0.25) is 0 Å². The van der Waals surface area contributed by atoms with E-state index < -0.39 is 23.3 Å². The summed E-state index contributed by atoms with van der Waals surface area (Å²) in [5.41, 5.74) is -0.418. The Morgan fingerprint density at radius 3 is 2.00 bits per heavy atom. The molecule has 0 saturated heterocycles. The van der Waals surface area contributed by atoms with E-state index in [1.54, 1.807) is 6.08 Å². The van der Waals surface area contributed by atoms with Crippen LogP contribution in [0.3, 0.4) is 0 Å². The number of hydrogen-bond donors (Lipinski definition) is 0. The van der Waals surface area contributed by atoms with Gasteiger partial charge in [0.25, 0.3) is 0 Å². The Balaban J connectivity index is 1.14. The van der Waals surface area contributed by atoms with Crippen molar-refractivity contribution in [3.8, 4) is 16.9 Å². The maximum Gasteiger partial charge on any atom is 0.201 e. The Labute approximate surface area is 243 Å². The molecule has 2 aromatic carbocycles. The van der Waals surface area contributed by atoms with Crippen LogP contribution in [0, 0.1) is 58.8 Å². The summed E-state index contributed by atoms with van der Waals surface area (Å²) in [7, 11) is 0. The van der Waals surface area contributed by atoms with Crippen molar-refractivity contribution in [2.24, 2.45) is 35.5 Å². The van der Waals surface area contributed by atoms with Crippen LogP contribution < -0.4 is 4.74 Å². The predicted molar refractivity (Wildman–Crippen MR) is 158 cm³/mol. The highest BCUT2D eigenvalue weighted by Gasteiger charge is 2.39. The van der Waals surface area contributed by atoms with E-state index in [0.29, 0.717) is 31.3 Å². The van der Waals surface area contributed by atoms with Gasteiger partial charge in [-0.1, -0.05) is 50.8 Å². The van der Waals surface area contributed by atoms with Gasteiger partial charge in [-0.25, -0.2) is 13.2 Å². The Kier molecular flexibility index (Phi) is 10.1. The van der Waals surface area contributed by atoms with Gasteiger partial charge >= 0.3 is 0 Å². The molecule has 224 valence electrons. The van der Waals surface area contributed by atoms with Gasteiger partial charge in [-0.05, 0) is 117 Å². The van der Waals surface area contributed by atoms with E-state index in [9.17, 15) is 8.78 Å². The van der Waals surface area contributed by atoms with Crippen molar-refractivity contribution in [2.75, 3.05) is 6.61 Å². The molecule has 0 aliphatic heterocycles. The average molecular weight is 571 g/mol. The van der Waals surface area contributed by atoms with Crippen molar-refractivity contribution < 1.29 is 22.3 Å². The number of fused-ring (bicyclic) bond motifs is 1. The molecule has 0 N–H and O–H groups in total. The van der Waals surface area contributed by atoms with E-state index in [1.807, 2.05) is 0 Å². The van der Waals surface area contributed by atoms with Gasteiger partial charge in [-0.2, -0.15) is 4.39 Å². The van der Waals surface area contributed by atoms with Gasteiger partial charge in [-0.15, -0.1) is 6.58 Å². The normalized spacial score (nSPS) is 28.2. The van der Waals surface area contributed by atoms with Crippen molar-refractivity contribution in [1.82, 2.24) is 0 Å². The molecule has 41 heavy (non-hydrogen) atoms. The summed E-state index contributed by atoms with van der Waals surface area (Å²) >= 11 is 0. The average Bonchev–Trinajstić information content (AvgIpc) is 2.99. The second kappa shape index (κ2) is 13.8. The lowest BCUT2D eigenvalue weighted by Crippen LogP contribution is -2.35. The first-order chi connectivity index (χ1) is 19.9. The van der Waals surface area contributed by atoms with Crippen molar-refractivity contribution in [1.29, 1.82) is 0 Å². The van der Waals surface area contributed by atoms with Crippen molar-refractivity contribution >= 4 is 0 Å². The minimum atomic E-state index is -1.22. The fourth-order valence-electron chi connectivity index (χ4n) is 8.27. The highest BCUT2D eigenvalue weighted by molar-refractivity contribution is 5.66. The molecule has 5 heteroatoms. The van der Waals surface area contributed by atoms with Crippen molar-refractivity contribution in [3.05, 3.63) is 65.8 Å². The van der Waals surface area contributed by atoms with Crippen LogP contribution in [-0.4, -0.2) is 6.61 Å². The number of hydrogen-bond acceptors (Lipinski definition) is 1. The smallest absolute Gasteiger partial charge is 0.201 e. The zero-order valence-corrected chi connectivity index (χ0v) is 24.6. The van der Waals surface area contributed by atoms with Gasteiger partial charge in [-0.3, -0.25) is 0 Å². The highest BCUT2D eigenvalue weighted by Crippen LogP contribution is 2.49. The van der Waals surface area contributed by atoms with Crippen LogP contribution in [0.25, 0.3) is 11.1 Å². The van der Waals surface area contributed by atoms with Crippen molar-refractivity contribution in [2.45, 2.75) is 96.8 Å². The number of benzene rings is 2. The Bertz CT molecular complexity index is 1180. The lowest BCUT2D eigenvalue weighted by molar-refractivity contribution is 0.0478. The summed E-state index contributed by atoms with van der Waals surface area (Å²) in [6.45, 7) is 6.25. The molecule has 4 unspecified atom stereocenters. The van der Waals surface area contributed by atoms with Crippen LogP contribution in [0.15, 0.2) is 36.9 Å². The standard InChI is InChI=1S/C36H46F4O/c1-3-5-7-26-16-17-30(34(38)33(26)37)31-18-19-32(36(40)35(31)39)41-22-24-10-13-29-21-28(15-14-27(29)20-24)25-11-8-23(6-4-2)9-12-25/h3,16-19,23-25,27-29H,1,4-15,20-22H2,2H3. The fourth-order valence-corrected chi connectivity index (χ4v) is 8.27. The maximum absolute atomic E-state index is 15.0. The van der Waals surface area contributed by atoms with Crippen LogP contribution in [0.4, 0.5) is 17.6 Å². The molecular formula is C36H46F4O. The number of ether oxygens (including phenoxy) is 1. The number of allylic oxidation sites excluding steroid dienone is 1. The Morgan fingerprint density at radius 1 is 0.707 bits per heavy atom. The molecule has 4 atom stereocenters. The minimum absolute atomic E-state index is 0.167. The van der Waals surface area contributed by atoms with Crippen LogP contribution in [0.5, 0.6) is 5.75 Å². The van der Waals surface area contributed by atoms with E-state index in [1.165, 1.54) is 88.5 Å². The van der Waals surface area contributed by atoms with E-state index in [0.717, 1.165) is 36.5 Å². The second-order valence-corrected chi connectivity index (χ2v) is 13.1. The SMILES string of the molecule is C=CCCc1ccc(-c2ccc(OCC3CCC4CC(C5CCC(CCC)CC5)CCC4C3)c(F)c2F)c(F)c1F. The first-order valence-corrected chi connectivity index (χ1v) is 16.1. The first-order valence-electron chi connectivity index (χ1n) is 16.1. The molecule has 0 aromatic heterocycles. The van der Waals surface area contributed by atoms with E-state index >= 15 is 8.78 Å². The minimum Gasteiger partial charge on any atom is -0.490 e. The molecular weight excluding hydrogens is 524 g/mol. The summed E-state index contributed by atoms with van der Waals surface area (Å²) in [4.78, 5) is 0. The third-order valence-corrected chi connectivity index (χ3v) is 10.6. The van der Waals surface area contributed by atoms with Gasteiger partial charge in [0.05, 0.1) is 6.61 Å². The molecule has 0 bridgehead atoms. The fraction of sp³-hybridized carbons (Fsp3) is 0.611. The highest BCUT2D eigenvalue weighted by atomic mass is 19.2. The largest absolute Gasteiger partial charge is 0.490 e. The zero-order chi connectivity index (χ0) is 28.9. The summed E-state index contributed by atoms with van der Waals surface area (Å²) in [5, 5.41) is 0. The molecule has 5 rings (SSSR count). The van der Waals surface area contributed by atoms with Crippen LogP contribution >= 0.6 is 0 Å². The molecule has 0 amide bonds. The van der Waals surface area contributed by atoms with Gasteiger partial charge in [0.1, 0.15) is 0 Å². The summed E-state index contributed by atoms with van der Waals surface area (Å²) in [6, 6.07) is 5.34. The van der Waals surface area contributed by atoms with E-state index in [2.05, 4.69) is 13.5 Å². The third-order valence-electron chi connectivity index (χ3n) is 10.6. The number of halogens is 4. The molecule has 3 fully saturated rings. The predicted octanol–water partition coefficient (Wildman–Crippen LogP) is 10.8. The molecule has 0 radical (unpaired) electrons. The van der Waals surface area contributed by atoms with E-state index in [-0.39, 0.29) is 22.4 Å². The van der Waals surface area contributed by atoms with Crippen molar-refractivity contribution in [3.63, 3.8) is 0 Å². The molecule has 0 spiro atoms. The van der Waals surface area contributed by atoms with Crippen LogP contribution in [-0.2, 0) is 6.42 Å². The van der Waals surface area contributed by atoms with Gasteiger partial charge in [0, 0.05) is 11.1 Å².